The second kappa shape index (κ2) is 5.18. The Morgan fingerprint density at radius 3 is 2.53 bits per heavy atom. The van der Waals surface area contributed by atoms with Crippen molar-refractivity contribution in [2.75, 3.05) is 6.54 Å². The van der Waals surface area contributed by atoms with Crippen LogP contribution in [0.2, 0.25) is 0 Å². The zero-order chi connectivity index (χ0) is 13.2. The van der Waals surface area contributed by atoms with Crippen LogP contribution in [-0.4, -0.2) is 18.4 Å². The minimum absolute atomic E-state index is 0.182. The summed E-state index contributed by atoms with van der Waals surface area (Å²) in [7, 11) is 0. The van der Waals surface area contributed by atoms with Crippen LogP contribution in [0, 0.1) is 12.3 Å². The fourth-order valence-corrected chi connectivity index (χ4v) is 2.50. The number of carbonyl (C=O) groups excluding carboxylic acids is 2. The molecule has 94 valence electrons. The van der Waals surface area contributed by atoms with Crippen LogP contribution in [0.5, 0.6) is 0 Å². The quantitative estimate of drug-likeness (QED) is 0.891. The fourth-order valence-electron chi connectivity index (χ4n) is 1.05. The van der Waals surface area contributed by atoms with Gasteiger partial charge < -0.3 is 11.1 Å². The van der Waals surface area contributed by atoms with Gasteiger partial charge in [-0.25, -0.2) is 0 Å². The van der Waals surface area contributed by atoms with Gasteiger partial charge in [0.15, 0.2) is 0 Å². The number of hydrogen-bond acceptors (Lipinski definition) is 3. The largest absolute Gasteiger partial charge is 0.369 e. The average Bonchev–Trinajstić information content (AvgIpc) is 2.56. The predicted octanol–water partition coefficient (Wildman–Crippen LogP) is 2.06. The molecule has 1 aromatic heterocycles. The molecule has 1 aromatic rings. The van der Waals surface area contributed by atoms with E-state index in [-0.39, 0.29) is 12.5 Å². The van der Waals surface area contributed by atoms with Crippen molar-refractivity contribution in [2.45, 2.75) is 20.8 Å². The first-order chi connectivity index (χ1) is 7.74. The molecule has 2 amide bonds. The third-order valence-corrected chi connectivity index (χ3v) is 4.57. The number of halogens is 1. The molecule has 0 unspecified atom stereocenters. The summed E-state index contributed by atoms with van der Waals surface area (Å²) in [4.78, 5) is 23.5. The van der Waals surface area contributed by atoms with Gasteiger partial charge in [-0.15, -0.1) is 11.3 Å². The molecule has 0 saturated carbocycles. The Kier molecular flexibility index (Phi) is 4.32. The number of nitrogens with one attached hydrogen (secondary N) is 1. The smallest absolute Gasteiger partial charge is 0.261 e. The molecule has 0 radical (unpaired) electrons. The average molecular weight is 319 g/mol. The highest BCUT2D eigenvalue weighted by Crippen LogP contribution is 2.27. The molecule has 0 bridgehead atoms. The maximum Gasteiger partial charge on any atom is 0.261 e. The zero-order valence-electron chi connectivity index (χ0n) is 9.96. The Bertz CT molecular complexity index is 435. The van der Waals surface area contributed by atoms with Crippen molar-refractivity contribution in [1.29, 1.82) is 0 Å². The molecule has 0 spiro atoms. The molecule has 4 nitrogen and oxygen atoms in total. The highest BCUT2D eigenvalue weighted by Gasteiger charge is 2.25. The van der Waals surface area contributed by atoms with Crippen molar-refractivity contribution in [3.05, 3.63) is 20.3 Å². The lowest BCUT2D eigenvalue weighted by Crippen LogP contribution is -2.42. The van der Waals surface area contributed by atoms with Crippen LogP contribution in [0.3, 0.4) is 0 Å². The normalized spacial score (nSPS) is 11.3. The number of rotatable bonds is 4. The maximum absolute atomic E-state index is 11.8. The van der Waals surface area contributed by atoms with E-state index in [4.69, 9.17) is 5.73 Å². The Morgan fingerprint density at radius 1 is 1.53 bits per heavy atom. The maximum atomic E-state index is 11.8. The van der Waals surface area contributed by atoms with E-state index in [1.54, 1.807) is 19.9 Å². The molecule has 0 aliphatic carbocycles. The van der Waals surface area contributed by atoms with Gasteiger partial charge in [-0.05, 0) is 48.3 Å². The number of hydrogen-bond donors (Lipinski definition) is 2. The van der Waals surface area contributed by atoms with Crippen LogP contribution in [0.25, 0.3) is 0 Å². The van der Waals surface area contributed by atoms with Crippen LogP contribution in [0.4, 0.5) is 0 Å². The number of primary amides is 1. The predicted molar refractivity (Wildman–Crippen MR) is 72.1 cm³/mol. The Balaban J connectivity index is 2.65. The van der Waals surface area contributed by atoms with Gasteiger partial charge in [-0.3, -0.25) is 9.59 Å². The summed E-state index contributed by atoms with van der Waals surface area (Å²) in [6, 6.07) is 1.81. The van der Waals surface area contributed by atoms with E-state index in [1.807, 2.05) is 6.92 Å². The van der Waals surface area contributed by atoms with Gasteiger partial charge in [-0.1, -0.05) is 0 Å². The van der Waals surface area contributed by atoms with E-state index in [2.05, 4.69) is 21.2 Å². The van der Waals surface area contributed by atoms with Gasteiger partial charge in [0, 0.05) is 6.54 Å². The summed E-state index contributed by atoms with van der Waals surface area (Å²) in [6.07, 6.45) is 0. The molecule has 0 atom stereocenters. The van der Waals surface area contributed by atoms with Gasteiger partial charge in [0.25, 0.3) is 5.91 Å². The summed E-state index contributed by atoms with van der Waals surface area (Å²) >= 11 is 4.73. The van der Waals surface area contributed by atoms with Crippen molar-refractivity contribution in [2.24, 2.45) is 11.1 Å². The molecule has 0 saturated heterocycles. The molecular weight excluding hydrogens is 304 g/mol. The van der Waals surface area contributed by atoms with E-state index in [0.717, 1.165) is 9.35 Å². The van der Waals surface area contributed by atoms with Crippen molar-refractivity contribution >= 4 is 39.1 Å². The fraction of sp³-hybridized carbons (Fsp3) is 0.455. The number of aryl methyl sites for hydroxylation is 1. The topological polar surface area (TPSA) is 72.2 Å². The summed E-state index contributed by atoms with van der Waals surface area (Å²) in [6.45, 7) is 5.55. The monoisotopic (exact) mass is 318 g/mol. The van der Waals surface area contributed by atoms with Crippen LogP contribution in [-0.2, 0) is 4.79 Å². The van der Waals surface area contributed by atoms with E-state index in [1.165, 1.54) is 11.3 Å². The SMILES string of the molecule is Cc1cc(C(=O)NCC(C)(C)C(N)=O)sc1Br. The zero-order valence-corrected chi connectivity index (χ0v) is 12.4. The van der Waals surface area contributed by atoms with Crippen molar-refractivity contribution in [1.82, 2.24) is 5.32 Å². The molecule has 0 aliphatic rings. The van der Waals surface area contributed by atoms with Gasteiger partial charge in [0.1, 0.15) is 0 Å². The molecular formula is C11H15BrN2O2S. The molecule has 3 N–H and O–H groups in total. The number of carbonyl (C=O) groups is 2. The molecule has 6 heteroatoms. The van der Waals surface area contributed by atoms with Crippen LogP contribution in [0.1, 0.15) is 29.1 Å². The first-order valence-electron chi connectivity index (χ1n) is 5.08. The van der Waals surface area contributed by atoms with Gasteiger partial charge >= 0.3 is 0 Å². The molecule has 0 aromatic carbocycles. The van der Waals surface area contributed by atoms with Gasteiger partial charge in [0.05, 0.1) is 14.1 Å². The van der Waals surface area contributed by atoms with Gasteiger partial charge in [-0.2, -0.15) is 0 Å². The van der Waals surface area contributed by atoms with Crippen molar-refractivity contribution in [3.63, 3.8) is 0 Å². The molecule has 0 fully saturated rings. The standard InChI is InChI=1S/C11H15BrN2O2S/c1-6-4-7(17-8(6)12)9(15)14-5-11(2,3)10(13)16/h4H,5H2,1-3H3,(H2,13,16)(H,14,15). The van der Waals surface area contributed by atoms with E-state index < -0.39 is 11.3 Å². The molecule has 1 rings (SSSR count). The number of nitrogens with two attached hydrogens (primary N) is 1. The lowest BCUT2D eigenvalue weighted by molar-refractivity contribution is -0.125. The summed E-state index contributed by atoms with van der Waals surface area (Å²) in [5.74, 6) is -0.612. The Labute approximate surface area is 113 Å². The van der Waals surface area contributed by atoms with Crippen LogP contribution in [0.15, 0.2) is 9.85 Å². The number of amides is 2. The van der Waals surface area contributed by atoms with Crippen molar-refractivity contribution < 1.29 is 9.59 Å². The number of thiophene rings is 1. The summed E-state index contributed by atoms with van der Waals surface area (Å²) in [5, 5.41) is 2.71. The Morgan fingerprint density at radius 2 is 2.12 bits per heavy atom. The highest BCUT2D eigenvalue weighted by atomic mass is 79.9. The van der Waals surface area contributed by atoms with Crippen LogP contribution < -0.4 is 11.1 Å². The van der Waals surface area contributed by atoms with E-state index >= 15 is 0 Å². The second-order valence-corrected chi connectivity index (χ2v) is 6.87. The first-order valence-corrected chi connectivity index (χ1v) is 6.69. The van der Waals surface area contributed by atoms with Crippen LogP contribution >= 0.6 is 27.3 Å². The summed E-state index contributed by atoms with van der Waals surface area (Å²) < 4.78 is 0.941. The lowest BCUT2D eigenvalue weighted by Gasteiger charge is -2.20. The van der Waals surface area contributed by atoms with E-state index in [0.29, 0.717) is 4.88 Å². The molecule has 0 aliphatic heterocycles. The first kappa shape index (κ1) is 14.2. The van der Waals surface area contributed by atoms with E-state index in [9.17, 15) is 9.59 Å². The molecule has 17 heavy (non-hydrogen) atoms. The minimum Gasteiger partial charge on any atom is -0.369 e. The highest BCUT2D eigenvalue weighted by molar-refractivity contribution is 9.11. The minimum atomic E-state index is -0.737. The molecule has 1 heterocycles. The third kappa shape index (κ3) is 3.54. The van der Waals surface area contributed by atoms with Crippen molar-refractivity contribution in [3.8, 4) is 0 Å². The summed E-state index contributed by atoms with van der Waals surface area (Å²) in [5.41, 5.74) is 5.51. The lowest BCUT2D eigenvalue weighted by atomic mass is 9.93. The Hall–Kier alpha value is -0.880. The van der Waals surface area contributed by atoms with Gasteiger partial charge in [0.2, 0.25) is 5.91 Å². The second-order valence-electron chi connectivity index (χ2n) is 4.50. The third-order valence-electron chi connectivity index (χ3n) is 2.44.